The first-order valence-electron chi connectivity index (χ1n) is 4.68. The van der Waals surface area contributed by atoms with Crippen molar-refractivity contribution in [2.45, 2.75) is 13.2 Å². The quantitative estimate of drug-likeness (QED) is 0.604. The molecular weight excluding hydrogens is 212 g/mol. The van der Waals surface area contributed by atoms with Crippen LogP contribution in [0.2, 0.25) is 0 Å². The minimum atomic E-state index is -0.995. The highest BCUT2D eigenvalue weighted by molar-refractivity contribution is 5.78. The normalized spacial score (nSPS) is 11.8. The molecule has 0 aromatic heterocycles. The Morgan fingerprint density at radius 3 is 2.06 bits per heavy atom. The highest BCUT2D eigenvalue weighted by atomic mass is 16.6. The Kier molecular flexibility index (Phi) is 4.13. The Labute approximate surface area is 93.6 Å². The fraction of sp³-hybridized carbons (Fsp3) is 0.364. The number of carbonyl (C=O) groups is 1. The number of hydrogen-bond acceptors (Lipinski definition) is 5. The standard InChI is InChI=1S/C11H14O5/c1-7(13)16-11-9(14-2)4-8(6-12)5-10(11)15-3/h4-7,13H,1-3H3. The van der Waals surface area contributed by atoms with Crippen LogP contribution in [-0.2, 0) is 0 Å². The predicted molar refractivity (Wildman–Crippen MR) is 57.2 cm³/mol. The molecule has 16 heavy (non-hydrogen) atoms. The third kappa shape index (κ3) is 2.64. The van der Waals surface area contributed by atoms with E-state index < -0.39 is 6.29 Å². The van der Waals surface area contributed by atoms with E-state index in [2.05, 4.69) is 0 Å². The molecule has 0 radical (unpaired) electrons. The number of benzene rings is 1. The van der Waals surface area contributed by atoms with Crippen LogP contribution < -0.4 is 14.2 Å². The van der Waals surface area contributed by atoms with Crippen LogP contribution in [0.1, 0.15) is 17.3 Å². The van der Waals surface area contributed by atoms with E-state index >= 15 is 0 Å². The number of hydrogen-bond donors (Lipinski definition) is 1. The van der Waals surface area contributed by atoms with Crippen molar-refractivity contribution in [3.8, 4) is 17.2 Å². The molecule has 1 unspecified atom stereocenters. The molecule has 0 bridgehead atoms. The van der Waals surface area contributed by atoms with Gasteiger partial charge in [-0.2, -0.15) is 0 Å². The number of methoxy groups -OCH3 is 2. The van der Waals surface area contributed by atoms with Crippen LogP contribution in [0.25, 0.3) is 0 Å². The van der Waals surface area contributed by atoms with Gasteiger partial charge in [0.15, 0.2) is 17.8 Å². The Balaban J connectivity index is 3.25. The monoisotopic (exact) mass is 226 g/mol. The van der Waals surface area contributed by atoms with E-state index in [1.54, 1.807) is 0 Å². The smallest absolute Gasteiger partial charge is 0.206 e. The maximum Gasteiger partial charge on any atom is 0.206 e. The van der Waals surface area contributed by atoms with Gasteiger partial charge in [-0.05, 0) is 19.1 Å². The van der Waals surface area contributed by atoms with Crippen molar-refractivity contribution < 1.29 is 24.1 Å². The molecule has 1 atom stereocenters. The molecule has 5 nitrogen and oxygen atoms in total. The zero-order valence-electron chi connectivity index (χ0n) is 9.39. The molecule has 0 amide bonds. The van der Waals surface area contributed by atoms with E-state index in [9.17, 15) is 4.79 Å². The minimum Gasteiger partial charge on any atom is -0.493 e. The van der Waals surface area contributed by atoms with Crippen LogP contribution in [0.5, 0.6) is 17.2 Å². The predicted octanol–water partition coefficient (Wildman–Crippen LogP) is 1.23. The molecule has 0 aliphatic heterocycles. The summed E-state index contributed by atoms with van der Waals surface area (Å²) in [5.74, 6) is 0.940. The number of aliphatic hydroxyl groups excluding tert-OH is 1. The lowest BCUT2D eigenvalue weighted by molar-refractivity contribution is -0.00387. The second-order valence-electron chi connectivity index (χ2n) is 3.09. The largest absolute Gasteiger partial charge is 0.493 e. The molecular formula is C11H14O5. The van der Waals surface area contributed by atoms with Gasteiger partial charge in [-0.15, -0.1) is 0 Å². The third-order valence-electron chi connectivity index (χ3n) is 1.91. The zero-order chi connectivity index (χ0) is 12.1. The van der Waals surface area contributed by atoms with E-state index in [1.165, 1.54) is 33.3 Å². The van der Waals surface area contributed by atoms with Gasteiger partial charge in [-0.25, -0.2) is 0 Å². The molecule has 1 N–H and O–H groups in total. The first-order valence-corrected chi connectivity index (χ1v) is 4.68. The molecule has 5 heteroatoms. The van der Waals surface area contributed by atoms with Crippen molar-refractivity contribution in [2.24, 2.45) is 0 Å². The van der Waals surface area contributed by atoms with Crippen molar-refractivity contribution in [2.75, 3.05) is 14.2 Å². The maximum atomic E-state index is 10.7. The van der Waals surface area contributed by atoms with Gasteiger partial charge in [0.2, 0.25) is 5.75 Å². The maximum absolute atomic E-state index is 10.7. The molecule has 0 aliphatic carbocycles. The number of ether oxygens (including phenoxy) is 3. The molecule has 1 rings (SSSR count). The van der Waals surface area contributed by atoms with Gasteiger partial charge < -0.3 is 19.3 Å². The van der Waals surface area contributed by atoms with Crippen molar-refractivity contribution in [1.82, 2.24) is 0 Å². The first kappa shape index (κ1) is 12.3. The summed E-state index contributed by atoms with van der Waals surface area (Å²) in [6, 6.07) is 3.01. The summed E-state index contributed by atoms with van der Waals surface area (Å²) in [6.07, 6.45) is -0.318. The van der Waals surface area contributed by atoms with Crippen LogP contribution in [0, 0.1) is 0 Å². The van der Waals surface area contributed by atoms with E-state index in [1.807, 2.05) is 0 Å². The van der Waals surface area contributed by atoms with Crippen LogP contribution in [0.15, 0.2) is 12.1 Å². The summed E-state index contributed by atoms with van der Waals surface area (Å²) in [5.41, 5.74) is 0.409. The van der Waals surface area contributed by atoms with Gasteiger partial charge in [0.1, 0.15) is 6.29 Å². The van der Waals surface area contributed by atoms with Crippen LogP contribution in [0.3, 0.4) is 0 Å². The second kappa shape index (κ2) is 5.37. The molecule has 0 saturated heterocycles. The molecule has 1 aromatic carbocycles. The highest BCUT2D eigenvalue weighted by Crippen LogP contribution is 2.38. The van der Waals surface area contributed by atoms with Gasteiger partial charge in [0, 0.05) is 5.56 Å². The summed E-state index contributed by atoms with van der Waals surface area (Å²) in [7, 11) is 2.89. The fourth-order valence-corrected chi connectivity index (χ4v) is 1.25. The van der Waals surface area contributed by atoms with Gasteiger partial charge in [-0.3, -0.25) is 4.79 Å². The summed E-state index contributed by atoms with van der Waals surface area (Å²) in [4.78, 5) is 10.7. The molecule has 0 aliphatic rings. The van der Waals surface area contributed by atoms with E-state index in [4.69, 9.17) is 19.3 Å². The van der Waals surface area contributed by atoms with E-state index in [-0.39, 0.29) is 5.75 Å². The topological polar surface area (TPSA) is 65.0 Å². The lowest BCUT2D eigenvalue weighted by atomic mass is 10.2. The summed E-state index contributed by atoms with van der Waals surface area (Å²) in [6.45, 7) is 1.46. The van der Waals surface area contributed by atoms with Crippen molar-refractivity contribution in [3.63, 3.8) is 0 Å². The average Bonchev–Trinajstić information content (AvgIpc) is 2.28. The second-order valence-corrected chi connectivity index (χ2v) is 3.09. The summed E-state index contributed by atoms with van der Waals surface area (Å²) >= 11 is 0. The number of rotatable bonds is 5. The Bertz CT molecular complexity index is 348. The van der Waals surface area contributed by atoms with Gasteiger partial charge >= 0.3 is 0 Å². The average molecular weight is 226 g/mol. The fourth-order valence-electron chi connectivity index (χ4n) is 1.25. The number of carbonyl (C=O) groups excluding carboxylic acids is 1. The van der Waals surface area contributed by atoms with Crippen molar-refractivity contribution in [3.05, 3.63) is 17.7 Å². The molecule has 0 spiro atoms. The Morgan fingerprint density at radius 2 is 1.75 bits per heavy atom. The summed E-state index contributed by atoms with van der Waals surface area (Å²) in [5, 5.41) is 9.17. The SMILES string of the molecule is COc1cc(C=O)cc(OC)c1OC(C)O. The van der Waals surface area contributed by atoms with Crippen molar-refractivity contribution in [1.29, 1.82) is 0 Å². The van der Waals surface area contributed by atoms with Crippen molar-refractivity contribution >= 4 is 6.29 Å². The van der Waals surface area contributed by atoms with Gasteiger partial charge in [0.05, 0.1) is 14.2 Å². The van der Waals surface area contributed by atoms with Gasteiger partial charge in [0.25, 0.3) is 0 Å². The summed E-state index contributed by atoms with van der Waals surface area (Å²) < 4.78 is 15.3. The number of aldehydes is 1. The van der Waals surface area contributed by atoms with Crippen LogP contribution in [-0.4, -0.2) is 31.9 Å². The van der Waals surface area contributed by atoms with Gasteiger partial charge in [-0.1, -0.05) is 0 Å². The molecule has 88 valence electrons. The van der Waals surface area contributed by atoms with E-state index in [0.29, 0.717) is 23.3 Å². The molecule has 0 heterocycles. The van der Waals surface area contributed by atoms with E-state index in [0.717, 1.165) is 0 Å². The zero-order valence-corrected chi connectivity index (χ0v) is 9.39. The highest BCUT2D eigenvalue weighted by Gasteiger charge is 2.15. The molecule has 0 fully saturated rings. The number of aliphatic hydroxyl groups is 1. The third-order valence-corrected chi connectivity index (χ3v) is 1.91. The lowest BCUT2D eigenvalue weighted by Crippen LogP contribution is -2.11. The van der Waals surface area contributed by atoms with Crippen LogP contribution in [0.4, 0.5) is 0 Å². The minimum absolute atomic E-state index is 0.269. The lowest BCUT2D eigenvalue weighted by Gasteiger charge is -2.16. The van der Waals surface area contributed by atoms with Crippen LogP contribution >= 0.6 is 0 Å². The Hall–Kier alpha value is -1.75. The molecule has 0 saturated carbocycles. The molecule has 1 aromatic rings. The Morgan fingerprint density at radius 1 is 1.25 bits per heavy atom. The first-order chi connectivity index (χ1) is 7.62.